The fourth-order valence-corrected chi connectivity index (χ4v) is 4.28. The van der Waals surface area contributed by atoms with Crippen molar-refractivity contribution in [3.05, 3.63) is 57.9 Å². The van der Waals surface area contributed by atoms with Gasteiger partial charge in [-0.15, -0.1) is 0 Å². The van der Waals surface area contributed by atoms with E-state index in [-0.39, 0.29) is 17.0 Å². The minimum absolute atomic E-state index is 0.0161. The van der Waals surface area contributed by atoms with E-state index in [2.05, 4.69) is 4.98 Å². The minimum Gasteiger partial charge on any atom is -0.507 e. The third-order valence-corrected chi connectivity index (χ3v) is 6.06. The number of nitrogens with one attached hydrogen (secondary N) is 1. The number of esters is 1. The number of likely N-dealkylation sites (tertiary alicyclic amines) is 1. The third kappa shape index (κ3) is 5.09. The number of aromatic nitrogens is 1. The Morgan fingerprint density at radius 2 is 1.83 bits per heavy atom. The summed E-state index contributed by atoms with van der Waals surface area (Å²) in [5.74, 6) is -1.68. The van der Waals surface area contributed by atoms with Gasteiger partial charge in [0, 0.05) is 24.3 Å². The first-order valence-electron chi connectivity index (χ1n) is 11.6. The maximum absolute atomic E-state index is 13.2. The van der Waals surface area contributed by atoms with Gasteiger partial charge in [-0.1, -0.05) is 19.1 Å². The number of hydrogen-bond donors (Lipinski definition) is 2. The summed E-state index contributed by atoms with van der Waals surface area (Å²) in [5, 5.41) is 11.4. The van der Waals surface area contributed by atoms with E-state index in [9.17, 15) is 19.5 Å². The smallest absolute Gasteiger partial charge is 0.354 e. The fraction of sp³-hybridized carbons (Fsp3) is 0.423. The Kier molecular flexibility index (Phi) is 8.01. The summed E-state index contributed by atoms with van der Waals surface area (Å²) in [5.41, 5.74) is 2.08. The first kappa shape index (κ1) is 26.0. The maximum Gasteiger partial charge on any atom is 0.354 e. The molecular formula is C26H33N3O6. The quantitative estimate of drug-likeness (QED) is 0.244. The number of nitrogens with zero attached hydrogens (tertiary/aromatic N) is 2. The average Bonchev–Trinajstić information content (AvgIpc) is 3.27. The Bertz CT molecular complexity index is 1150. The number of Topliss-reactive ketones (excluding diaryl/α,β-unsaturated/α-hetero) is 1. The highest BCUT2D eigenvalue weighted by Gasteiger charge is 2.46. The standard InChI is InChI=1S/C26H33N3O6/c1-7-14-35-18-10-8-17(9-11-18)22-20(24(31)25(32)29(22)13-12-28(4)5)23(30)19-15(2)21(26(33)34-6)27-16(19)3/h8-11,22,27,30H,7,12-14H2,1-6H3/b23-20+/t22-/m0/s1. The van der Waals surface area contributed by atoms with Gasteiger partial charge in [-0.05, 0) is 57.6 Å². The summed E-state index contributed by atoms with van der Waals surface area (Å²) < 4.78 is 10.5. The minimum atomic E-state index is -0.787. The Labute approximate surface area is 205 Å². The van der Waals surface area contributed by atoms with Crippen LogP contribution in [0.25, 0.3) is 5.76 Å². The topological polar surface area (TPSA) is 112 Å². The first-order chi connectivity index (χ1) is 16.6. The van der Waals surface area contributed by atoms with Crippen molar-refractivity contribution >= 4 is 23.4 Å². The van der Waals surface area contributed by atoms with E-state index in [1.54, 1.807) is 38.1 Å². The van der Waals surface area contributed by atoms with E-state index in [1.165, 1.54) is 12.0 Å². The van der Waals surface area contributed by atoms with E-state index < -0.39 is 23.7 Å². The van der Waals surface area contributed by atoms with Crippen LogP contribution in [0.1, 0.15) is 52.3 Å². The van der Waals surface area contributed by atoms with Crippen molar-refractivity contribution in [2.24, 2.45) is 0 Å². The Balaban J connectivity index is 2.16. The third-order valence-electron chi connectivity index (χ3n) is 6.06. The van der Waals surface area contributed by atoms with Gasteiger partial charge in [0.05, 0.1) is 25.3 Å². The van der Waals surface area contributed by atoms with Crippen molar-refractivity contribution in [2.45, 2.75) is 33.2 Å². The lowest BCUT2D eigenvalue weighted by Crippen LogP contribution is -2.35. The number of aryl methyl sites for hydroxylation is 1. The molecule has 1 fully saturated rings. The molecule has 1 atom stereocenters. The molecule has 9 heteroatoms. The van der Waals surface area contributed by atoms with Gasteiger partial charge in [0.1, 0.15) is 17.2 Å². The van der Waals surface area contributed by atoms with Crippen molar-refractivity contribution in [1.82, 2.24) is 14.8 Å². The summed E-state index contributed by atoms with van der Waals surface area (Å²) in [6.07, 6.45) is 0.870. The number of ether oxygens (including phenoxy) is 2. The van der Waals surface area contributed by atoms with Crippen LogP contribution in [-0.2, 0) is 14.3 Å². The molecule has 0 spiro atoms. The van der Waals surface area contributed by atoms with Crippen LogP contribution in [0.5, 0.6) is 5.75 Å². The number of H-pyrrole nitrogens is 1. The molecule has 1 aromatic heterocycles. The summed E-state index contributed by atoms with van der Waals surface area (Å²) in [6, 6.07) is 6.39. The van der Waals surface area contributed by atoms with Crippen LogP contribution in [0.15, 0.2) is 29.8 Å². The SMILES string of the molecule is CCCOc1ccc([C@H]2/C(=C(\O)c3c(C)[nH]c(C(=O)OC)c3C)C(=O)C(=O)N2CCN(C)C)cc1. The molecule has 1 aliphatic heterocycles. The number of carbonyl (C=O) groups is 3. The Hall–Kier alpha value is -3.59. The molecule has 0 aliphatic carbocycles. The monoisotopic (exact) mass is 483 g/mol. The molecule has 188 valence electrons. The molecule has 1 amide bonds. The Morgan fingerprint density at radius 3 is 2.40 bits per heavy atom. The molecule has 1 aromatic carbocycles. The number of ketones is 1. The van der Waals surface area contributed by atoms with E-state index >= 15 is 0 Å². The molecule has 0 saturated carbocycles. The number of aromatic amines is 1. The van der Waals surface area contributed by atoms with Gasteiger partial charge < -0.3 is 29.4 Å². The molecule has 2 N–H and O–H groups in total. The second-order valence-electron chi connectivity index (χ2n) is 8.83. The van der Waals surface area contributed by atoms with Gasteiger partial charge >= 0.3 is 5.97 Å². The summed E-state index contributed by atoms with van der Waals surface area (Å²) in [6.45, 7) is 6.77. The lowest BCUT2D eigenvalue weighted by atomic mass is 9.94. The zero-order valence-corrected chi connectivity index (χ0v) is 21.1. The lowest BCUT2D eigenvalue weighted by molar-refractivity contribution is -0.140. The first-order valence-corrected chi connectivity index (χ1v) is 11.6. The largest absolute Gasteiger partial charge is 0.507 e. The molecule has 2 aromatic rings. The van der Waals surface area contributed by atoms with Crippen molar-refractivity contribution in [3.8, 4) is 5.75 Å². The molecule has 3 rings (SSSR count). The molecule has 1 saturated heterocycles. The van der Waals surface area contributed by atoms with Gasteiger partial charge in [0.15, 0.2) is 0 Å². The molecule has 0 bridgehead atoms. The number of benzene rings is 1. The number of likely N-dealkylation sites (N-methyl/N-ethyl adjacent to an activating group) is 1. The summed E-state index contributed by atoms with van der Waals surface area (Å²) in [4.78, 5) is 44.8. The van der Waals surface area contributed by atoms with Crippen LogP contribution in [-0.4, -0.2) is 78.5 Å². The zero-order chi connectivity index (χ0) is 25.9. The van der Waals surface area contributed by atoms with E-state index in [1.807, 2.05) is 25.9 Å². The zero-order valence-electron chi connectivity index (χ0n) is 21.1. The van der Waals surface area contributed by atoms with Crippen LogP contribution >= 0.6 is 0 Å². The predicted molar refractivity (Wildman–Crippen MR) is 131 cm³/mol. The van der Waals surface area contributed by atoms with Crippen molar-refractivity contribution in [1.29, 1.82) is 0 Å². The predicted octanol–water partition coefficient (Wildman–Crippen LogP) is 3.19. The second kappa shape index (κ2) is 10.8. The van der Waals surface area contributed by atoms with Gasteiger partial charge in [-0.3, -0.25) is 9.59 Å². The highest BCUT2D eigenvalue weighted by molar-refractivity contribution is 6.46. The van der Waals surface area contributed by atoms with Crippen LogP contribution in [0.4, 0.5) is 0 Å². The van der Waals surface area contributed by atoms with E-state index in [0.29, 0.717) is 47.8 Å². The summed E-state index contributed by atoms with van der Waals surface area (Å²) in [7, 11) is 5.03. The average molecular weight is 484 g/mol. The number of methoxy groups -OCH3 is 1. The number of rotatable bonds is 9. The van der Waals surface area contributed by atoms with Crippen molar-refractivity contribution in [2.75, 3.05) is 40.9 Å². The van der Waals surface area contributed by atoms with Gasteiger partial charge in [-0.25, -0.2) is 4.79 Å². The maximum atomic E-state index is 13.2. The molecule has 1 aliphatic rings. The number of amides is 1. The lowest BCUT2D eigenvalue weighted by Gasteiger charge is -2.26. The van der Waals surface area contributed by atoms with Gasteiger partial charge in [0.25, 0.3) is 11.7 Å². The van der Waals surface area contributed by atoms with Crippen LogP contribution in [0, 0.1) is 13.8 Å². The second-order valence-corrected chi connectivity index (χ2v) is 8.83. The molecule has 9 nitrogen and oxygen atoms in total. The van der Waals surface area contributed by atoms with Crippen LogP contribution in [0.3, 0.4) is 0 Å². The highest BCUT2D eigenvalue weighted by atomic mass is 16.5. The van der Waals surface area contributed by atoms with Crippen molar-refractivity contribution in [3.63, 3.8) is 0 Å². The normalized spacial score (nSPS) is 17.3. The van der Waals surface area contributed by atoms with E-state index in [0.717, 1.165) is 6.42 Å². The summed E-state index contributed by atoms with van der Waals surface area (Å²) >= 11 is 0. The molecule has 35 heavy (non-hydrogen) atoms. The van der Waals surface area contributed by atoms with Crippen LogP contribution < -0.4 is 4.74 Å². The molecule has 0 unspecified atom stereocenters. The number of aliphatic hydroxyl groups is 1. The molecule has 0 radical (unpaired) electrons. The van der Waals surface area contributed by atoms with E-state index in [4.69, 9.17) is 9.47 Å². The number of hydrogen-bond acceptors (Lipinski definition) is 7. The molecule has 2 heterocycles. The number of carbonyl (C=O) groups excluding carboxylic acids is 3. The Morgan fingerprint density at radius 1 is 1.17 bits per heavy atom. The fourth-order valence-electron chi connectivity index (χ4n) is 4.28. The van der Waals surface area contributed by atoms with Crippen molar-refractivity contribution < 1.29 is 29.0 Å². The highest BCUT2D eigenvalue weighted by Crippen LogP contribution is 2.41. The van der Waals surface area contributed by atoms with Gasteiger partial charge in [0.2, 0.25) is 0 Å². The molecular weight excluding hydrogens is 450 g/mol. The van der Waals surface area contributed by atoms with Gasteiger partial charge in [-0.2, -0.15) is 0 Å². The number of aliphatic hydroxyl groups excluding tert-OH is 1. The van der Waals surface area contributed by atoms with Crippen LogP contribution in [0.2, 0.25) is 0 Å².